The molecule has 6 nitrogen and oxygen atoms in total. The summed E-state index contributed by atoms with van der Waals surface area (Å²) in [5.74, 6) is 1.25. The Morgan fingerprint density at radius 2 is 1.90 bits per heavy atom. The van der Waals surface area contributed by atoms with E-state index in [9.17, 15) is 5.11 Å². The maximum Gasteiger partial charge on any atom is 0.154 e. The van der Waals surface area contributed by atoms with Crippen LogP contribution in [0, 0.1) is 11.2 Å². The van der Waals surface area contributed by atoms with Crippen molar-refractivity contribution in [2.75, 3.05) is 18.0 Å². The molecule has 1 aliphatic heterocycles. The molecule has 2 aromatic heterocycles. The lowest BCUT2D eigenvalue weighted by Gasteiger charge is -2.44. The van der Waals surface area contributed by atoms with Gasteiger partial charge in [-0.25, -0.2) is 14.4 Å². The van der Waals surface area contributed by atoms with E-state index >= 15 is 4.39 Å². The number of piperidine rings is 1. The van der Waals surface area contributed by atoms with Gasteiger partial charge < -0.3 is 10.0 Å². The van der Waals surface area contributed by atoms with E-state index in [0.717, 1.165) is 54.8 Å². The summed E-state index contributed by atoms with van der Waals surface area (Å²) < 4.78 is 20.8. The van der Waals surface area contributed by atoms with Gasteiger partial charge in [-0.05, 0) is 69.2 Å². The minimum absolute atomic E-state index is 0.00174. The second-order valence-electron chi connectivity index (χ2n) is 11.7. The first kappa shape index (κ1) is 27.8. The van der Waals surface area contributed by atoms with Crippen LogP contribution in [-0.2, 0) is 13.0 Å². The molecule has 1 saturated heterocycles. The van der Waals surface area contributed by atoms with Crippen LogP contribution in [0.3, 0.4) is 0 Å². The summed E-state index contributed by atoms with van der Waals surface area (Å²) in [4.78, 5) is 11.8. The normalized spacial score (nSPS) is 18.6. The topological polar surface area (TPSA) is 65.7 Å². The number of nitrogens with one attached hydrogen (secondary N) is 1. The van der Waals surface area contributed by atoms with E-state index in [4.69, 9.17) is 33.2 Å². The van der Waals surface area contributed by atoms with Crippen molar-refractivity contribution in [1.82, 2.24) is 19.1 Å². The molecule has 2 N–H and O–H groups in total. The van der Waals surface area contributed by atoms with Crippen LogP contribution in [0.15, 0.2) is 48.8 Å². The molecule has 1 spiro atoms. The molecule has 210 valence electrons. The van der Waals surface area contributed by atoms with Crippen molar-refractivity contribution in [1.29, 1.82) is 0 Å². The molecule has 0 saturated carbocycles. The first-order valence-electron chi connectivity index (χ1n) is 13.5. The predicted octanol–water partition coefficient (Wildman–Crippen LogP) is 7.25. The lowest BCUT2D eigenvalue weighted by molar-refractivity contribution is 0.177. The van der Waals surface area contributed by atoms with E-state index in [0.29, 0.717) is 27.1 Å². The van der Waals surface area contributed by atoms with Gasteiger partial charge in [-0.2, -0.15) is 0 Å². The Hall–Kier alpha value is -2.36. The molecule has 0 amide bonds. The number of hydrogen-bond acceptors (Lipinski definition) is 6. The molecular formula is C30H32Cl2FN5OS. The Kier molecular flexibility index (Phi) is 7.28. The Morgan fingerprint density at radius 1 is 1.15 bits per heavy atom. The van der Waals surface area contributed by atoms with E-state index in [1.165, 1.54) is 0 Å². The Balaban J connectivity index is 1.34. The highest BCUT2D eigenvalue weighted by atomic mass is 35.5. The van der Waals surface area contributed by atoms with Crippen molar-refractivity contribution in [2.24, 2.45) is 5.41 Å². The molecule has 2 aliphatic rings. The lowest BCUT2D eigenvalue weighted by atomic mass is 9.73. The number of aliphatic hydroxyl groups is 1. The standard InChI is InChI=1S/C30H32Cl2FN5OS/c1-29(2,3)40-36-26-23-18(6-4-9-21(23)33)16-30(26)10-13-37(14-11-30)28-25-22(17-39)35-27(38(25)15-12-34-28)19-7-5-8-20(31)24(19)32/h4-9,12,15,26,36,39H,10-11,13-14,16-17H2,1-3H3. The van der Waals surface area contributed by atoms with E-state index in [1.54, 1.807) is 30.3 Å². The maximum atomic E-state index is 15.2. The average Bonchev–Trinajstić information content (AvgIpc) is 3.45. The van der Waals surface area contributed by atoms with Gasteiger partial charge in [0.25, 0.3) is 0 Å². The highest BCUT2D eigenvalue weighted by Gasteiger charge is 2.49. The molecule has 6 rings (SSSR count). The minimum Gasteiger partial charge on any atom is -0.390 e. The third-order valence-electron chi connectivity index (χ3n) is 8.08. The van der Waals surface area contributed by atoms with Crippen molar-refractivity contribution in [3.63, 3.8) is 0 Å². The first-order valence-corrected chi connectivity index (χ1v) is 15.1. The van der Waals surface area contributed by atoms with Crippen LogP contribution >= 0.6 is 35.1 Å². The summed E-state index contributed by atoms with van der Waals surface area (Å²) in [6.45, 7) is 7.77. The zero-order chi connectivity index (χ0) is 28.2. The number of fused-ring (bicyclic) bond motifs is 2. The number of nitrogens with zero attached hydrogens (tertiary/aromatic N) is 4. The third-order valence-corrected chi connectivity index (χ3v) is 9.86. The van der Waals surface area contributed by atoms with Crippen molar-refractivity contribution in [3.05, 3.63) is 81.5 Å². The molecule has 40 heavy (non-hydrogen) atoms. The SMILES string of the molecule is CC(C)(C)SNC1c2c(F)cccc2CC12CCN(c1nccn3c(-c4cccc(Cl)c4Cl)nc(CO)c13)CC2. The highest BCUT2D eigenvalue weighted by Crippen LogP contribution is 2.54. The number of anilines is 1. The molecule has 10 heteroatoms. The Labute approximate surface area is 248 Å². The van der Waals surface area contributed by atoms with Crippen LogP contribution in [0.25, 0.3) is 16.9 Å². The largest absolute Gasteiger partial charge is 0.390 e. The summed E-state index contributed by atoms with van der Waals surface area (Å²) in [7, 11) is 0. The van der Waals surface area contributed by atoms with Crippen LogP contribution in [0.4, 0.5) is 10.2 Å². The number of aromatic nitrogens is 3. The van der Waals surface area contributed by atoms with Crippen LogP contribution in [0.1, 0.15) is 56.5 Å². The van der Waals surface area contributed by atoms with Gasteiger partial charge in [0.05, 0.1) is 28.4 Å². The van der Waals surface area contributed by atoms with Crippen molar-refractivity contribution in [2.45, 2.75) is 57.4 Å². The molecule has 1 fully saturated rings. The van der Waals surface area contributed by atoms with Gasteiger partial charge in [0.15, 0.2) is 5.82 Å². The number of hydrogen-bond donors (Lipinski definition) is 2. The van der Waals surface area contributed by atoms with Crippen LogP contribution < -0.4 is 9.62 Å². The van der Waals surface area contributed by atoms with E-state index < -0.39 is 0 Å². The molecule has 0 radical (unpaired) electrons. The Bertz CT molecular complexity index is 1580. The summed E-state index contributed by atoms with van der Waals surface area (Å²) in [6, 6.07) is 10.8. The van der Waals surface area contributed by atoms with Crippen molar-refractivity contribution in [3.8, 4) is 11.4 Å². The van der Waals surface area contributed by atoms with E-state index in [1.807, 2.05) is 28.8 Å². The fourth-order valence-corrected chi connectivity index (χ4v) is 7.42. The number of rotatable bonds is 5. The van der Waals surface area contributed by atoms with E-state index in [2.05, 4.69) is 36.5 Å². The number of aliphatic hydroxyl groups excluding tert-OH is 1. The van der Waals surface area contributed by atoms with Gasteiger partial charge >= 0.3 is 0 Å². The van der Waals surface area contributed by atoms with Gasteiger partial charge in [-0.15, -0.1) is 0 Å². The maximum absolute atomic E-state index is 15.2. The summed E-state index contributed by atoms with van der Waals surface area (Å²) in [6.07, 6.45) is 6.19. The summed E-state index contributed by atoms with van der Waals surface area (Å²) >= 11 is 14.5. The molecule has 3 heterocycles. The lowest BCUT2D eigenvalue weighted by Crippen LogP contribution is -2.45. The monoisotopic (exact) mass is 599 g/mol. The number of halogens is 3. The van der Waals surface area contributed by atoms with Crippen LogP contribution in [-0.4, -0.2) is 37.3 Å². The first-order chi connectivity index (χ1) is 19.1. The molecule has 1 atom stereocenters. The molecular weight excluding hydrogens is 568 g/mol. The molecule has 2 aromatic carbocycles. The van der Waals surface area contributed by atoms with Gasteiger partial charge in [0.1, 0.15) is 17.2 Å². The second-order valence-corrected chi connectivity index (χ2v) is 14.2. The fourth-order valence-electron chi connectivity index (χ4n) is 6.20. The molecule has 1 unspecified atom stereocenters. The second kappa shape index (κ2) is 10.5. The van der Waals surface area contributed by atoms with E-state index in [-0.39, 0.29) is 28.6 Å². The van der Waals surface area contributed by atoms with Gasteiger partial charge in [0.2, 0.25) is 0 Å². The zero-order valence-electron chi connectivity index (χ0n) is 22.7. The predicted molar refractivity (Wildman–Crippen MR) is 162 cm³/mol. The molecule has 0 bridgehead atoms. The zero-order valence-corrected chi connectivity index (χ0v) is 25.0. The third kappa shape index (κ3) is 4.77. The molecule has 4 aromatic rings. The van der Waals surface area contributed by atoms with Crippen molar-refractivity contribution >= 4 is 46.5 Å². The van der Waals surface area contributed by atoms with Crippen molar-refractivity contribution < 1.29 is 9.50 Å². The van der Waals surface area contributed by atoms with Crippen LogP contribution in [0.5, 0.6) is 0 Å². The van der Waals surface area contributed by atoms with Gasteiger partial charge in [-0.1, -0.05) is 53.3 Å². The Morgan fingerprint density at radius 3 is 2.62 bits per heavy atom. The number of imidazole rings is 1. The quantitative estimate of drug-likeness (QED) is 0.235. The average molecular weight is 601 g/mol. The van der Waals surface area contributed by atoms with Crippen LogP contribution in [0.2, 0.25) is 10.0 Å². The summed E-state index contributed by atoms with van der Waals surface area (Å²) in [5.41, 5.74) is 3.80. The number of benzene rings is 2. The fraction of sp³-hybridized carbons (Fsp3) is 0.400. The summed E-state index contributed by atoms with van der Waals surface area (Å²) in [5, 5.41) is 11.1. The minimum atomic E-state index is -0.233. The van der Waals surface area contributed by atoms with Gasteiger partial charge in [0, 0.05) is 41.4 Å². The highest BCUT2D eigenvalue weighted by molar-refractivity contribution is 7.98. The molecule has 1 aliphatic carbocycles. The van der Waals surface area contributed by atoms with Gasteiger partial charge in [-0.3, -0.25) is 9.12 Å². The smallest absolute Gasteiger partial charge is 0.154 e.